The Bertz CT molecular complexity index is 573. The predicted molar refractivity (Wildman–Crippen MR) is 69.3 cm³/mol. The van der Waals surface area contributed by atoms with Crippen molar-refractivity contribution in [2.75, 3.05) is 4.90 Å². The van der Waals surface area contributed by atoms with Gasteiger partial charge in [0.25, 0.3) is 0 Å². The number of hydrogen-bond donors (Lipinski definition) is 0. The second kappa shape index (κ2) is 4.46. The molecule has 0 saturated carbocycles. The first kappa shape index (κ1) is 12.4. The first-order valence-corrected chi connectivity index (χ1v) is 6.45. The summed E-state index contributed by atoms with van der Waals surface area (Å²) in [5.41, 5.74) is 0.256. The molecule has 2 atom stereocenters. The number of rotatable bonds is 1. The smallest absolute Gasteiger partial charge is 0.238 e. The number of nitrogens with zero attached hydrogens (tertiary/aromatic N) is 1. The average Bonchev–Trinajstić information content (AvgIpc) is 2.66. The minimum Gasteiger partial charge on any atom is -0.274 e. The Labute approximate surface area is 114 Å². The van der Waals surface area contributed by atoms with E-state index in [9.17, 15) is 14.0 Å². The van der Waals surface area contributed by atoms with Gasteiger partial charge in [-0.05, 0) is 31.0 Å². The maximum absolute atomic E-state index is 13.5. The molecule has 1 aliphatic carbocycles. The van der Waals surface area contributed by atoms with Crippen molar-refractivity contribution in [2.45, 2.75) is 12.8 Å². The fraction of sp³-hybridized carbons (Fsp3) is 0.286. The molecular weight excluding hydrogens is 269 g/mol. The van der Waals surface area contributed by atoms with E-state index in [0.717, 1.165) is 11.0 Å². The van der Waals surface area contributed by atoms with E-state index in [2.05, 4.69) is 0 Å². The highest BCUT2D eigenvalue weighted by molar-refractivity contribution is 6.31. The number of carbonyl (C=O) groups is 2. The molecule has 0 N–H and O–H groups in total. The number of halogens is 2. The van der Waals surface area contributed by atoms with Gasteiger partial charge >= 0.3 is 0 Å². The monoisotopic (exact) mass is 279 g/mol. The van der Waals surface area contributed by atoms with Crippen LogP contribution >= 0.6 is 11.6 Å². The Kier molecular flexibility index (Phi) is 2.90. The van der Waals surface area contributed by atoms with E-state index in [1.54, 1.807) is 0 Å². The molecule has 5 heteroatoms. The van der Waals surface area contributed by atoms with Gasteiger partial charge in [0.05, 0.1) is 22.5 Å². The minimum atomic E-state index is -0.632. The summed E-state index contributed by atoms with van der Waals surface area (Å²) in [5, 5.41) is -0.0260. The van der Waals surface area contributed by atoms with Gasteiger partial charge in [0.2, 0.25) is 11.8 Å². The molecule has 3 rings (SSSR count). The zero-order chi connectivity index (χ0) is 13.6. The van der Waals surface area contributed by atoms with Crippen LogP contribution in [0, 0.1) is 17.7 Å². The lowest BCUT2D eigenvalue weighted by Crippen LogP contribution is -2.30. The summed E-state index contributed by atoms with van der Waals surface area (Å²) < 4.78 is 13.5. The zero-order valence-corrected chi connectivity index (χ0v) is 10.7. The molecule has 2 aliphatic rings. The van der Waals surface area contributed by atoms with Crippen LogP contribution in [-0.4, -0.2) is 11.8 Å². The molecule has 1 heterocycles. The van der Waals surface area contributed by atoms with Gasteiger partial charge in [-0.1, -0.05) is 23.8 Å². The summed E-state index contributed by atoms with van der Waals surface area (Å²) >= 11 is 5.61. The quantitative estimate of drug-likeness (QED) is 0.585. The van der Waals surface area contributed by atoms with Crippen LogP contribution in [0.5, 0.6) is 0 Å². The van der Waals surface area contributed by atoms with Crippen LogP contribution in [-0.2, 0) is 9.59 Å². The molecule has 19 heavy (non-hydrogen) atoms. The summed E-state index contributed by atoms with van der Waals surface area (Å²) in [5.74, 6) is -1.75. The van der Waals surface area contributed by atoms with Crippen molar-refractivity contribution in [1.82, 2.24) is 0 Å². The summed E-state index contributed by atoms with van der Waals surface area (Å²) in [6, 6.07) is 3.97. The van der Waals surface area contributed by atoms with Crippen LogP contribution in [0.4, 0.5) is 10.1 Å². The van der Waals surface area contributed by atoms with E-state index in [1.807, 2.05) is 12.2 Å². The van der Waals surface area contributed by atoms with Crippen molar-refractivity contribution in [3.63, 3.8) is 0 Å². The number of anilines is 1. The molecular formula is C14H11ClFNO2. The van der Waals surface area contributed by atoms with E-state index in [4.69, 9.17) is 11.6 Å². The van der Waals surface area contributed by atoms with Crippen LogP contribution in [0.3, 0.4) is 0 Å². The minimum absolute atomic E-state index is 0.0260. The second-order valence-electron chi connectivity index (χ2n) is 4.77. The molecule has 0 spiro atoms. The largest absolute Gasteiger partial charge is 0.274 e. The van der Waals surface area contributed by atoms with E-state index >= 15 is 0 Å². The fourth-order valence-corrected chi connectivity index (χ4v) is 2.80. The molecule has 0 radical (unpaired) electrons. The number of hydrogen-bond acceptors (Lipinski definition) is 2. The van der Waals surface area contributed by atoms with Crippen LogP contribution < -0.4 is 4.90 Å². The summed E-state index contributed by atoms with van der Waals surface area (Å²) in [4.78, 5) is 25.6. The van der Waals surface area contributed by atoms with Crippen LogP contribution in [0.15, 0.2) is 30.4 Å². The number of imide groups is 1. The highest BCUT2D eigenvalue weighted by atomic mass is 35.5. The van der Waals surface area contributed by atoms with Gasteiger partial charge in [0.1, 0.15) is 5.82 Å². The van der Waals surface area contributed by atoms with Crippen molar-refractivity contribution >= 4 is 29.1 Å². The lowest BCUT2D eigenvalue weighted by atomic mass is 9.85. The van der Waals surface area contributed by atoms with E-state index in [-0.39, 0.29) is 34.4 Å². The SMILES string of the molecule is O=C1[C@H]2CC=CC[C@@H]2C(=O)N1c1ccc(Cl)c(F)c1. The van der Waals surface area contributed by atoms with Gasteiger partial charge < -0.3 is 0 Å². The average molecular weight is 280 g/mol. The summed E-state index contributed by atoms with van der Waals surface area (Å²) in [6.07, 6.45) is 4.97. The third-order valence-corrected chi connectivity index (χ3v) is 3.98. The normalized spacial score (nSPS) is 25.9. The molecule has 0 aromatic heterocycles. The number of fused-ring (bicyclic) bond motifs is 1. The van der Waals surface area contributed by atoms with Gasteiger partial charge in [-0.25, -0.2) is 9.29 Å². The van der Waals surface area contributed by atoms with Gasteiger partial charge in [-0.3, -0.25) is 9.59 Å². The Morgan fingerprint density at radius 2 is 1.68 bits per heavy atom. The number of benzene rings is 1. The number of carbonyl (C=O) groups excluding carboxylic acids is 2. The molecule has 1 fully saturated rings. The van der Waals surface area contributed by atoms with Gasteiger partial charge in [0.15, 0.2) is 0 Å². The topological polar surface area (TPSA) is 37.4 Å². The van der Waals surface area contributed by atoms with Gasteiger partial charge in [-0.2, -0.15) is 0 Å². The van der Waals surface area contributed by atoms with Crippen LogP contribution in [0.2, 0.25) is 5.02 Å². The highest BCUT2D eigenvalue weighted by Crippen LogP contribution is 2.38. The van der Waals surface area contributed by atoms with Crippen molar-refractivity contribution in [3.8, 4) is 0 Å². The standard InChI is InChI=1S/C14H11ClFNO2/c15-11-6-5-8(7-12(11)16)17-13(18)9-3-1-2-4-10(9)14(17)19/h1-2,5-7,9-10H,3-4H2/t9-,10-/m0/s1. The Balaban J connectivity index is 1.99. The van der Waals surface area contributed by atoms with Crippen LogP contribution in [0.25, 0.3) is 0 Å². The molecule has 1 aromatic carbocycles. The number of allylic oxidation sites excluding steroid dienone is 2. The third kappa shape index (κ3) is 1.87. The van der Waals surface area contributed by atoms with Crippen molar-refractivity contribution in [2.24, 2.45) is 11.8 Å². The molecule has 2 amide bonds. The molecule has 1 aromatic rings. The Morgan fingerprint density at radius 3 is 2.21 bits per heavy atom. The van der Waals surface area contributed by atoms with E-state index < -0.39 is 5.82 Å². The van der Waals surface area contributed by atoms with Crippen molar-refractivity contribution in [1.29, 1.82) is 0 Å². The Hall–Kier alpha value is -1.68. The molecule has 3 nitrogen and oxygen atoms in total. The molecule has 1 aliphatic heterocycles. The van der Waals surface area contributed by atoms with Crippen molar-refractivity contribution in [3.05, 3.63) is 41.2 Å². The predicted octanol–water partition coefficient (Wildman–Crippen LogP) is 2.93. The van der Waals surface area contributed by atoms with E-state index in [0.29, 0.717) is 12.8 Å². The van der Waals surface area contributed by atoms with E-state index in [1.165, 1.54) is 12.1 Å². The third-order valence-electron chi connectivity index (χ3n) is 3.67. The first-order valence-electron chi connectivity index (χ1n) is 6.07. The van der Waals surface area contributed by atoms with Gasteiger partial charge in [0, 0.05) is 0 Å². The van der Waals surface area contributed by atoms with Crippen LogP contribution in [0.1, 0.15) is 12.8 Å². The molecule has 1 saturated heterocycles. The zero-order valence-electron chi connectivity index (χ0n) is 9.98. The first-order chi connectivity index (χ1) is 9.09. The summed E-state index contributed by atoms with van der Waals surface area (Å²) in [7, 11) is 0. The molecule has 98 valence electrons. The number of amides is 2. The highest BCUT2D eigenvalue weighted by Gasteiger charge is 2.47. The lowest BCUT2D eigenvalue weighted by Gasteiger charge is -2.14. The fourth-order valence-electron chi connectivity index (χ4n) is 2.68. The maximum atomic E-state index is 13.5. The second-order valence-corrected chi connectivity index (χ2v) is 5.17. The maximum Gasteiger partial charge on any atom is 0.238 e. The Morgan fingerprint density at radius 1 is 1.11 bits per heavy atom. The lowest BCUT2D eigenvalue weighted by molar-refractivity contribution is -0.122. The molecule has 0 bridgehead atoms. The molecule has 0 unspecified atom stereocenters. The van der Waals surface area contributed by atoms with Gasteiger partial charge in [-0.15, -0.1) is 0 Å². The summed E-state index contributed by atoms with van der Waals surface area (Å²) in [6.45, 7) is 0. The van der Waals surface area contributed by atoms with Crippen molar-refractivity contribution < 1.29 is 14.0 Å².